The fourth-order valence-electron chi connectivity index (χ4n) is 3.78. The summed E-state index contributed by atoms with van der Waals surface area (Å²) in [6.07, 6.45) is -4.55. The number of amides is 3. The Hall–Kier alpha value is -3.49. The van der Waals surface area contributed by atoms with Crippen LogP contribution in [0.1, 0.15) is 24.1 Å². The molecule has 6 nitrogen and oxygen atoms in total. The first-order valence-electron chi connectivity index (χ1n) is 9.36. The number of anilines is 2. The predicted octanol–water partition coefficient (Wildman–Crippen LogP) is 3.67. The number of hydrogen-bond acceptors (Lipinski definition) is 3. The number of nitrogens with zero attached hydrogens (tertiary/aromatic N) is 2. The maximum Gasteiger partial charge on any atom is 0.416 e. The van der Waals surface area contributed by atoms with Crippen LogP contribution < -0.4 is 16.0 Å². The average molecular weight is 416 g/mol. The second-order valence-electron chi connectivity index (χ2n) is 7.11. The van der Waals surface area contributed by atoms with E-state index in [2.05, 4.69) is 5.32 Å². The van der Waals surface area contributed by atoms with E-state index in [1.165, 1.54) is 12.1 Å². The van der Waals surface area contributed by atoms with Gasteiger partial charge >= 0.3 is 12.2 Å². The molecule has 0 radical (unpaired) electrons. The number of nitrogen functional groups attached to an aromatic ring is 1. The Kier molecular flexibility index (Phi) is 4.68. The number of nitrogens with two attached hydrogens (primary N) is 1. The molecule has 1 atom stereocenters. The van der Waals surface area contributed by atoms with Gasteiger partial charge in [-0.05, 0) is 42.8 Å². The maximum atomic E-state index is 13.2. The van der Waals surface area contributed by atoms with Gasteiger partial charge in [-0.1, -0.05) is 18.2 Å². The smallest absolute Gasteiger partial charge is 0.399 e. The number of likely N-dealkylation sites (N-methyl/N-ethyl adjacent to an activating group) is 1. The summed E-state index contributed by atoms with van der Waals surface area (Å²) in [7, 11) is 0. The Bertz CT molecular complexity index is 1050. The van der Waals surface area contributed by atoms with Crippen molar-refractivity contribution in [3.05, 3.63) is 70.9 Å². The van der Waals surface area contributed by atoms with Crippen LogP contribution >= 0.6 is 0 Å². The molecule has 0 saturated heterocycles. The zero-order chi connectivity index (χ0) is 21.6. The minimum atomic E-state index is -4.55. The number of rotatable bonds is 3. The SMILES string of the molecule is CCN1CC2=C(C1=O)[C@@H](c1ccc(N)cc1)NC(=O)N2c1cccc(C(F)(F)F)c1. The first-order valence-corrected chi connectivity index (χ1v) is 9.36. The molecule has 0 saturated carbocycles. The zero-order valence-corrected chi connectivity index (χ0v) is 16.0. The van der Waals surface area contributed by atoms with Crippen molar-refractivity contribution in [1.29, 1.82) is 0 Å². The number of urea groups is 1. The highest BCUT2D eigenvalue weighted by molar-refractivity contribution is 6.07. The summed E-state index contributed by atoms with van der Waals surface area (Å²) in [5, 5.41) is 2.76. The van der Waals surface area contributed by atoms with Crippen LogP contribution in [0.2, 0.25) is 0 Å². The Labute approximate surface area is 170 Å². The topological polar surface area (TPSA) is 78.7 Å². The Balaban J connectivity index is 1.84. The van der Waals surface area contributed by atoms with Crippen LogP contribution in [-0.2, 0) is 11.0 Å². The lowest BCUT2D eigenvalue weighted by Gasteiger charge is -2.34. The molecular formula is C21H19F3N4O2. The number of nitrogens with one attached hydrogen (secondary N) is 1. The van der Waals surface area contributed by atoms with Gasteiger partial charge < -0.3 is 16.0 Å². The van der Waals surface area contributed by atoms with E-state index in [1.54, 1.807) is 36.1 Å². The van der Waals surface area contributed by atoms with Crippen molar-refractivity contribution in [2.75, 3.05) is 23.7 Å². The lowest BCUT2D eigenvalue weighted by atomic mass is 9.95. The summed E-state index contributed by atoms with van der Waals surface area (Å²) in [5.41, 5.74) is 6.85. The standard InChI is InChI=1S/C21H19F3N4O2/c1-2-27-11-16-17(19(27)29)18(12-6-8-14(25)9-7-12)26-20(30)28(16)15-5-3-4-13(10-15)21(22,23)24/h3-10,18H,2,11,25H2,1H3,(H,26,30)/t18-/m1/s1. The molecular weight excluding hydrogens is 397 g/mol. The van der Waals surface area contributed by atoms with E-state index in [4.69, 9.17) is 5.73 Å². The predicted molar refractivity (Wildman–Crippen MR) is 105 cm³/mol. The van der Waals surface area contributed by atoms with Crippen molar-refractivity contribution < 1.29 is 22.8 Å². The summed E-state index contributed by atoms with van der Waals surface area (Å²) in [6, 6.07) is 9.96. The van der Waals surface area contributed by atoms with Crippen LogP contribution in [0.3, 0.4) is 0 Å². The van der Waals surface area contributed by atoms with Gasteiger partial charge in [-0.15, -0.1) is 0 Å². The summed E-state index contributed by atoms with van der Waals surface area (Å²) in [5.74, 6) is -0.258. The fourth-order valence-corrected chi connectivity index (χ4v) is 3.78. The van der Waals surface area contributed by atoms with Crippen LogP contribution in [-0.4, -0.2) is 29.9 Å². The van der Waals surface area contributed by atoms with Crippen LogP contribution in [0.25, 0.3) is 0 Å². The number of alkyl halides is 3. The van der Waals surface area contributed by atoms with Crippen LogP contribution in [0, 0.1) is 0 Å². The molecule has 0 bridgehead atoms. The van der Waals surface area contributed by atoms with Gasteiger partial charge in [-0.25, -0.2) is 4.79 Å². The highest BCUT2D eigenvalue weighted by atomic mass is 19.4. The zero-order valence-electron chi connectivity index (χ0n) is 16.0. The first kappa shape index (κ1) is 19.8. The van der Waals surface area contributed by atoms with Crippen LogP contribution in [0.5, 0.6) is 0 Å². The molecule has 2 aliphatic heterocycles. The highest BCUT2D eigenvalue weighted by Gasteiger charge is 2.44. The minimum Gasteiger partial charge on any atom is -0.399 e. The van der Waals surface area contributed by atoms with Crippen molar-refractivity contribution in [2.45, 2.75) is 19.1 Å². The quantitative estimate of drug-likeness (QED) is 0.750. The normalized spacial score (nSPS) is 19.3. The lowest BCUT2D eigenvalue weighted by Crippen LogP contribution is -2.47. The largest absolute Gasteiger partial charge is 0.416 e. The highest BCUT2D eigenvalue weighted by Crippen LogP contribution is 2.40. The Morgan fingerprint density at radius 3 is 2.47 bits per heavy atom. The van der Waals surface area contributed by atoms with Crippen molar-refractivity contribution >= 4 is 23.3 Å². The summed E-state index contributed by atoms with van der Waals surface area (Å²) in [6.45, 7) is 2.35. The third kappa shape index (κ3) is 3.26. The number of halogens is 3. The lowest BCUT2D eigenvalue weighted by molar-refractivity contribution is -0.137. The van der Waals surface area contributed by atoms with E-state index in [1.807, 2.05) is 0 Å². The van der Waals surface area contributed by atoms with Gasteiger partial charge in [0.25, 0.3) is 5.91 Å². The summed E-state index contributed by atoms with van der Waals surface area (Å²) >= 11 is 0. The molecule has 0 aromatic heterocycles. The number of hydrogen-bond donors (Lipinski definition) is 2. The molecule has 0 unspecified atom stereocenters. The number of carbonyl (C=O) groups is 2. The van der Waals surface area contributed by atoms with Crippen molar-refractivity contribution in [2.24, 2.45) is 0 Å². The van der Waals surface area contributed by atoms with Gasteiger partial charge in [0.1, 0.15) is 0 Å². The Morgan fingerprint density at radius 2 is 1.83 bits per heavy atom. The molecule has 2 aromatic rings. The van der Waals surface area contributed by atoms with E-state index >= 15 is 0 Å². The van der Waals surface area contributed by atoms with Gasteiger partial charge in [0, 0.05) is 12.2 Å². The van der Waals surface area contributed by atoms with Gasteiger partial charge in [0.05, 0.1) is 35.1 Å². The van der Waals surface area contributed by atoms with E-state index in [-0.39, 0.29) is 18.1 Å². The number of benzene rings is 2. The second-order valence-corrected chi connectivity index (χ2v) is 7.11. The first-order chi connectivity index (χ1) is 14.2. The monoisotopic (exact) mass is 416 g/mol. The van der Waals surface area contributed by atoms with E-state index < -0.39 is 23.8 Å². The van der Waals surface area contributed by atoms with Gasteiger partial charge in [-0.3, -0.25) is 9.69 Å². The maximum absolute atomic E-state index is 13.2. The average Bonchev–Trinajstić information content (AvgIpc) is 3.03. The van der Waals surface area contributed by atoms with Crippen LogP contribution in [0.15, 0.2) is 59.8 Å². The molecule has 0 spiro atoms. The fraction of sp³-hybridized carbons (Fsp3) is 0.238. The third-order valence-corrected chi connectivity index (χ3v) is 5.28. The van der Waals surface area contributed by atoms with E-state index in [9.17, 15) is 22.8 Å². The Morgan fingerprint density at radius 1 is 1.13 bits per heavy atom. The molecule has 3 N–H and O–H groups in total. The number of carbonyl (C=O) groups excluding carboxylic acids is 2. The molecule has 0 aliphatic carbocycles. The molecule has 2 aliphatic rings. The van der Waals surface area contributed by atoms with Gasteiger partial charge in [0.15, 0.2) is 0 Å². The van der Waals surface area contributed by atoms with Gasteiger partial charge in [-0.2, -0.15) is 13.2 Å². The molecule has 3 amide bonds. The van der Waals surface area contributed by atoms with E-state index in [0.29, 0.717) is 29.1 Å². The summed E-state index contributed by atoms with van der Waals surface area (Å²) in [4.78, 5) is 28.7. The molecule has 9 heteroatoms. The van der Waals surface area contributed by atoms with Crippen molar-refractivity contribution in [3.8, 4) is 0 Å². The van der Waals surface area contributed by atoms with E-state index in [0.717, 1.165) is 17.0 Å². The summed E-state index contributed by atoms with van der Waals surface area (Å²) < 4.78 is 39.6. The second kappa shape index (κ2) is 7.08. The van der Waals surface area contributed by atoms with Crippen molar-refractivity contribution in [3.63, 3.8) is 0 Å². The molecule has 4 rings (SSSR count). The molecule has 30 heavy (non-hydrogen) atoms. The van der Waals surface area contributed by atoms with Crippen molar-refractivity contribution in [1.82, 2.24) is 10.2 Å². The minimum absolute atomic E-state index is 0.0522. The van der Waals surface area contributed by atoms with Gasteiger partial charge in [0.2, 0.25) is 0 Å². The van der Waals surface area contributed by atoms with Crippen LogP contribution in [0.4, 0.5) is 29.3 Å². The third-order valence-electron chi connectivity index (χ3n) is 5.28. The molecule has 156 valence electrons. The molecule has 0 fully saturated rings. The molecule has 2 heterocycles. The molecule has 2 aromatic carbocycles.